The van der Waals surface area contributed by atoms with Crippen molar-refractivity contribution in [3.05, 3.63) is 242 Å². The molecule has 12 aromatic rings. The summed E-state index contributed by atoms with van der Waals surface area (Å²) in [6.07, 6.45) is 2.95. The van der Waals surface area contributed by atoms with Crippen molar-refractivity contribution in [2.75, 3.05) is 28.2 Å². The van der Waals surface area contributed by atoms with Crippen molar-refractivity contribution in [3.8, 4) is 0 Å². The number of aliphatic imine (C=N–C) groups is 4. The molecule has 0 spiro atoms. The predicted molar refractivity (Wildman–Crippen MR) is 425 cm³/mol. The normalized spacial score (nSPS) is 23.5. The SMILES string of the molecule is C.[C-]#[N+]c1ccc(C23N=C(N)N(C)C(=O)C2Cc2c3cnc3c(C)c(C)sc23)s1.[C-]#[N+]c1ccc(C23N=C(N)N(C)C(=O)C2Cc2c3n(C)c3cc(F)ccc23)s1.[C-]#[N+]c1ccc(C23N=C(N)N(C)C(=O)C2Cn2c3cc3cc(F)ccc32)s1.[C-]#[N+]c1ccc(C23N=C(N)N(C)C(=O)C2Cn2c3nc3cc(F)ccc32)s1. The summed E-state index contributed by atoms with van der Waals surface area (Å²) in [5.41, 5.74) is 30.2. The molecule has 111 heavy (non-hydrogen) atoms. The molecule has 8 aliphatic rings. The van der Waals surface area contributed by atoms with E-state index in [4.69, 9.17) is 74.2 Å². The molecule has 0 bridgehead atoms. The van der Waals surface area contributed by atoms with Crippen LogP contribution in [-0.2, 0) is 74.3 Å². The van der Waals surface area contributed by atoms with Crippen LogP contribution in [0.3, 0.4) is 0 Å². The van der Waals surface area contributed by atoms with E-state index in [9.17, 15) is 32.3 Å². The quantitative estimate of drug-likeness (QED) is 0.121. The number of amides is 4. The van der Waals surface area contributed by atoms with Crippen LogP contribution in [0, 0.1) is 81.3 Å². The number of hydrogen-bond donors (Lipinski definition) is 4. The number of halogens is 3. The molecule has 556 valence electrons. The van der Waals surface area contributed by atoms with E-state index in [-0.39, 0.29) is 78.3 Å². The van der Waals surface area contributed by atoms with Gasteiger partial charge in [-0.15, -0.1) is 11.3 Å². The molecule has 0 fully saturated rings. The van der Waals surface area contributed by atoms with Crippen molar-refractivity contribution in [2.45, 2.75) is 69.4 Å². The fourth-order valence-corrected chi connectivity index (χ4v) is 22.2. The molecule has 0 saturated carbocycles. The molecule has 20 rings (SSSR count). The van der Waals surface area contributed by atoms with Crippen LogP contribution in [0.15, 0.2) is 135 Å². The zero-order valence-electron chi connectivity index (χ0n) is 59.3. The molecule has 33 heteroatoms. The van der Waals surface area contributed by atoms with Crippen molar-refractivity contribution >= 4 is 167 Å². The zero-order valence-corrected chi connectivity index (χ0v) is 63.4. The van der Waals surface area contributed by atoms with E-state index >= 15 is 0 Å². The number of fused-ring (bicyclic) bond motifs is 20. The van der Waals surface area contributed by atoms with E-state index in [0.29, 0.717) is 57.3 Å². The van der Waals surface area contributed by atoms with Gasteiger partial charge in [0.15, 0.2) is 34.9 Å². The second-order valence-electron chi connectivity index (χ2n) is 27.8. The summed E-state index contributed by atoms with van der Waals surface area (Å²) in [5.74, 6) is -2.10. The molecule has 6 aliphatic heterocycles. The Balaban J connectivity index is 0.000000112. The molecule has 8 atom stereocenters. The Labute approximate surface area is 652 Å². The third-order valence-corrected chi connectivity index (χ3v) is 28.2. The molecule has 0 radical (unpaired) electrons. The monoisotopic (exact) mass is 1580 g/mol. The van der Waals surface area contributed by atoms with E-state index in [1.54, 1.807) is 88.1 Å². The van der Waals surface area contributed by atoms with Gasteiger partial charge in [0.25, 0.3) is 0 Å². The van der Waals surface area contributed by atoms with Gasteiger partial charge < -0.3 is 36.6 Å². The molecule has 8 unspecified atom stereocenters. The van der Waals surface area contributed by atoms with Gasteiger partial charge in [-0.2, -0.15) is 45.3 Å². The van der Waals surface area contributed by atoms with Gasteiger partial charge in [0, 0.05) is 107 Å². The van der Waals surface area contributed by atoms with Crippen LogP contribution in [0.2, 0.25) is 0 Å². The maximum Gasteiger partial charge on any atom is 0.241 e. The average molecular weight is 1580 g/mol. The first-order valence-electron chi connectivity index (χ1n) is 34.2. The molecule has 4 amide bonds. The molecule has 8 N–H and O–H groups in total. The molecular formula is C78H64F3N21O4S5. The number of guanidine groups is 4. The van der Waals surface area contributed by atoms with Crippen molar-refractivity contribution < 1.29 is 32.3 Å². The minimum absolute atomic E-state index is 0. The number of carbonyl (C=O) groups excluding carboxylic acids is 4. The first kappa shape index (κ1) is 72.8. The molecule has 0 saturated heterocycles. The number of pyridine rings is 1. The lowest BCUT2D eigenvalue weighted by atomic mass is 9.80. The van der Waals surface area contributed by atoms with Gasteiger partial charge >= 0.3 is 0 Å². The Hall–Kier alpha value is -12.4. The largest absolute Gasteiger partial charge is 0.369 e. The van der Waals surface area contributed by atoms with Crippen LogP contribution in [0.4, 0.5) is 33.2 Å². The van der Waals surface area contributed by atoms with E-state index in [0.717, 1.165) is 85.1 Å². The van der Waals surface area contributed by atoms with Crippen molar-refractivity contribution in [1.82, 2.24) is 43.3 Å². The first-order chi connectivity index (χ1) is 52.7. The number of nitrogens with zero attached hydrogens (tertiary/aromatic N) is 17. The highest BCUT2D eigenvalue weighted by atomic mass is 32.1. The summed E-state index contributed by atoms with van der Waals surface area (Å²) in [7, 11) is 8.37. The first-order valence-corrected chi connectivity index (χ1v) is 38.3. The summed E-state index contributed by atoms with van der Waals surface area (Å²) in [5, 5.41) is 3.80. The lowest BCUT2D eigenvalue weighted by Gasteiger charge is -2.38. The number of rotatable bonds is 4. The Bertz CT molecular complexity index is 6250. The summed E-state index contributed by atoms with van der Waals surface area (Å²) < 4.78 is 48.3. The number of aromatic nitrogens is 5. The molecule has 2 aliphatic carbocycles. The lowest BCUT2D eigenvalue weighted by molar-refractivity contribution is -0.134. The van der Waals surface area contributed by atoms with Crippen molar-refractivity contribution in [3.63, 3.8) is 0 Å². The second-order valence-corrected chi connectivity index (χ2v) is 33.3. The smallest absolute Gasteiger partial charge is 0.241 e. The van der Waals surface area contributed by atoms with Crippen LogP contribution >= 0.6 is 56.7 Å². The number of nitrogens with two attached hydrogens (primary N) is 4. The van der Waals surface area contributed by atoms with Crippen LogP contribution < -0.4 is 22.9 Å². The van der Waals surface area contributed by atoms with Crippen LogP contribution in [0.5, 0.6) is 0 Å². The third kappa shape index (κ3) is 10.2. The zero-order chi connectivity index (χ0) is 77.4. The number of carbonyl (C=O) groups is 4. The van der Waals surface area contributed by atoms with E-state index in [1.807, 2.05) is 51.2 Å². The summed E-state index contributed by atoms with van der Waals surface area (Å²) in [6, 6.07) is 30.0. The van der Waals surface area contributed by atoms with Crippen LogP contribution in [0.1, 0.15) is 71.3 Å². The second kappa shape index (κ2) is 25.9. The highest BCUT2D eigenvalue weighted by Gasteiger charge is 2.62. The Kier molecular flexibility index (Phi) is 17.0. The summed E-state index contributed by atoms with van der Waals surface area (Å²) >= 11 is 7.01. The standard InChI is InChI=1S/C20H16FN5OS.C20H17N5OS2.C19H14FN5OS.C18H13FN6OS.CH4/c1-23-16-7-6-15(28-16)20-13(18(27)26(3)19(22)24-20)9-12-11-5-4-10(21)8-14(11)25(2)17(12)20;1-9-10(2)27-17-11-7-12-18(26)25(4)19(21)24-20(12,13(11)8-23-16(9)17)14-5-6-15(22-3)28-14;1-22-16-6-5-15(27-16)19-12(17(26)24(2)18(21)23-19)9-25-13-4-3-11(20)7-10(13)8-14(19)25;1-21-14-6-5-13(27-14)18-10(15(26)24(2)17(20)23-18)8-25-12-4-3-9(19)7-11(12)22-16(18)25;/h4-8,13H,9H2,2-3H3,(H2,22,24);5-6,8,12H,7H2,1-2,4H3,(H2,21,24);3-8,12H,9H2,2H3,(H2,21,23);3-7,10H,8H2,2H3,(H2,20,23);1H4. The Morgan fingerprint density at radius 1 is 0.486 bits per heavy atom. The van der Waals surface area contributed by atoms with Gasteiger partial charge in [-0.05, 0) is 122 Å². The number of thiophene rings is 5. The van der Waals surface area contributed by atoms with E-state index in [2.05, 4.69) is 38.2 Å². The van der Waals surface area contributed by atoms with Crippen molar-refractivity contribution in [2.24, 2.45) is 73.6 Å². The van der Waals surface area contributed by atoms with Gasteiger partial charge in [-0.25, -0.2) is 57.5 Å². The Morgan fingerprint density at radius 3 is 1.49 bits per heavy atom. The molecule has 3 aromatic carbocycles. The molecule has 15 heterocycles. The average Bonchev–Trinajstić information content (AvgIpc) is 1.54. The number of aryl methyl sites for hydroxylation is 3. The van der Waals surface area contributed by atoms with E-state index in [1.165, 1.54) is 112 Å². The topological polar surface area (TPSA) is 293 Å². The Morgan fingerprint density at radius 2 is 0.928 bits per heavy atom. The highest BCUT2D eigenvalue weighted by Crippen LogP contribution is 2.60. The number of benzene rings is 3. The van der Waals surface area contributed by atoms with Crippen LogP contribution in [-0.4, -0.2) is 119 Å². The van der Waals surface area contributed by atoms with Gasteiger partial charge in [0.05, 0.1) is 88.1 Å². The molecule has 9 aromatic heterocycles. The molecule has 25 nitrogen and oxygen atoms in total. The predicted octanol–water partition coefficient (Wildman–Crippen LogP) is 13.0. The van der Waals surface area contributed by atoms with E-state index < -0.39 is 39.9 Å². The fourth-order valence-electron chi connectivity index (χ4n) is 17.1. The molecular weight excluding hydrogens is 1510 g/mol. The highest BCUT2D eigenvalue weighted by molar-refractivity contribution is 7.19. The third-order valence-electron chi connectivity index (χ3n) is 22.5. The maximum atomic E-state index is 13.9. The lowest BCUT2D eigenvalue weighted by Crippen LogP contribution is -2.54. The van der Waals surface area contributed by atoms with Crippen LogP contribution in [0.25, 0.3) is 62.4 Å². The number of imidazole rings is 1. The minimum Gasteiger partial charge on any atom is -0.369 e. The van der Waals surface area contributed by atoms with Crippen molar-refractivity contribution in [1.29, 1.82) is 0 Å². The minimum atomic E-state index is -1.10. The van der Waals surface area contributed by atoms with Gasteiger partial charge in [-0.1, -0.05) is 31.7 Å². The fraction of sp³-hybridized carbons (Fsp3) is 0.256. The maximum absolute atomic E-state index is 13.9. The van der Waals surface area contributed by atoms with Gasteiger partial charge in [-0.3, -0.25) is 43.8 Å². The number of hydrogen-bond acceptors (Lipinski definition) is 19. The van der Waals surface area contributed by atoms with Gasteiger partial charge in [0.2, 0.25) is 43.6 Å². The summed E-state index contributed by atoms with van der Waals surface area (Å²) in [4.78, 5) is 105. The van der Waals surface area contributed by atoms with Gasteiger partial charge in [0.1, 0.15) is 34.4 Å². The summed E-state index contributed by atoms with van der Waals surface area (Å²) in [6.45, 7) is 34.2.